The summed E-state index contributed by atoms with van der Waals surface area (Å²) in [7, 11) is 0. The number of benzene rings is 1. The van der Waals surface area contributed by atoms with Crippen molar-refractivity contribution in [3.05, 3.63) is 34.9 Å². The van der Waals surface area contributed by atoms with Crippen LogP contribution in [0, 0.1) is 19.8 Å². The Morgan fingerprint density at radius 2 is 2.24 bits per heavy atom. The van der Waals surface area contributed by atoms with E-state index in [-0.39, 0.29) is 5.91 Å². The molecule has 1 aromatic rings. The van der Waals surface area contributed by atoms with Crippen LogP contribution in [0.2, 0.25) is 0 Å². The van der Waals surface area contributed by atoms with Gasteiger partial charge in [-0.15, -0.1) is 0 Å². The van der Waals surface area contributed by atoms with Crippen LogP contribution in [0.15, 0.2) is 18.2 Å². The topological polar surface area (TPSA) is 46.3 Å². The second kappa shape index (κ2) is 4.88. The molecular formula is C14H20N2O. The second-order valence-electron chi connectivity index (χ2n) is 4.96. The summed E-state index contributed by atoms with van der Waals surface area (Å²) in [5.74, 6) is 0.628. The Bertz CT molecular complexity index is 428. The van der Waals surface area contributed by atoms with Gasteiger partial charge in [-0.2, -0.15) is 0 Å². The molecule has 1 saturated heterocycles. The summed E-state index contributed by atoms with van der Waals surface area (Å²) in [5.41, 5.74) is 8.73. The molecular weight excluding hydrogens is 212 g/mol. The summed E-state index contributed by atoms with van der Waals surface area (Å²) in [5, 5.41) is 0. The van der Waals surface area contributed by atoms with Crippen LogP contribution >= 0.6 is 0 Å². The van der Waals surface area contributed by atoms with Gasteiger partial charge in [0.05, 0.1) is 0 Å². The summed E-state index contributed by atoms with van der Waals surface area (Å²) in [6.07, 6.45) is 1.03. The molecule has 1 fully saturated rings. The molecule has 0 unspecified atom stereocenters. The lowest BCUT2D eigenvalue weighted by Gasteiger charge is -2.17. The summed E-state index contributed by atoms with van der Waals surface area (Å²) < 4.78 is 0. The molecule has 17 heavy (non-hydrogen) atoms. The minimum absolute atomic E-state index is 0.151. The molecule has 0 aliphatic carbocycles. The lowest BCUT2D eigenvalue weighted by molar-refractivity contribution is 0.0787. The number of aryl methyl sites for hydroxylation is 2. The van der Waals surface area contributed by atoms with Gasteiger partial charge in [0.1, 0.15) is 0 Å². The highest BCUT2D eigenvalue weighted by Crippen LogP contribution is 2.19. The van der Waals surface area contributed by atoms with Gasteiger partial charge in [0.25, 0.3) is 5.91 Å². The molecule has 2 N–H and O–H groups in total. The molecule has 1 amide bonds. The van der Waals surface area contributed by atoms with E-state index >= 15 is 0 Å². The number of carbonyl (C=O) groups excluding carboxylic acids is 1. The van der Waals surface area contributed by atoms with Gasteiger partial charge < -0.3 is 10.6 Å². The van der Waals surface area contributed by atoms with E-state index in [0.29, 0.717) is 12.5 Å². The highest BCUT2D eigenvalue weighted by molar-refractivity contribution is 5.95. The van der Waals surface area contributed by atoms with Gasteiger partial charge in [-0.05, 0) is 44.4 Å². The molecule has 0 spiro atoms. The van der Waals surface area contributed by atoms with Crippen LogP contribution in [0.3, 0.4) is 0 Å². The van der Waals surface area contributed by atoms with Gasteiger partial charge in [-0.1, -0.05) is 17.7 Å². The van der Waals surface area contributed by atoms with Gasteiger partial charge in [0, 0.05) is 18.7 Å². The minimum atomic E-state index is 0.151. The van der Waals surface area contributed by atoms with Gasteiger partial charge in [0.15, 0.2) is 0 Å². The van der Waals surface area contributed by atoms with Crippen molar-refractivity contribution in [3.63, 3.8) is 0 Å². The normalized spacial score (nSPS) is 19.7. The maximum atomic E-state index is 12.3. The quantitative estimate of drug-likeness (QED) is 0.844. The van der Waals surface area contributed by atoms with Crippen LogP contribution in [0.1, 0.15) is 27.9 Å². The molecule has 3 heteroatoms. The zero-order chi connectivity index (χ0) is 12.4. The molecule has 0 aromatic heterocycles. The predicted octanol–water partition coefficient (Wildman–Crippen LogP) is 1.72. The smallest absolute Gasteiger partial charge is 0.254 e. The molecule has 92 valence electrons. The number of nitrogens with zero attached hydrogens (tertiary/aromatic N) is 1. The van der Waals surface area contributed by atoms with Crippen molar-refractivity contribution < 1.29 is 4.79 Å². The Morgan fingerprint density at radius 1 is 1.47 bits per heavy atom. The first-order valence-electron chi connectivity index (χ1n) is 6.18. The number of carbonyl (C=O) groups is 1. The van der Waals surface area contributed by atoms with E-state index in [1.54, 1.807) is 0 Å². The van der Waals surface area contributed by atoms with E-state index < -0.39 is 0 Å². The number of likely N-dealkylation sites (tertiary alicyclic amines) is 1. The first kappa shape index (κ1) is 12.1. The number of amides is 1. The zero-order valence-electron chi connectivity index (χ0n) is 10.6. The van der Waals surface area contributed by atoms with E-state index in [9.17, 15) is 4.79 Å². The molecule has 0 radical (unpaired) electrons. The van der Waals surface area contributed by atoms with E-state index in [0.717, 1.165) is 30.6 Å². The first-order valence-corrected chi connectivity index (χ1v) is 6.18. The Hall–Kier alpha value is -1.35. The average molecular weight is 232 g/mol. The number of hydrogen-bond donors (Lipinski definition) is 1. The largest absolute Gasteiger partial charge is 0.338 e. The van der Waals surface area contributed by atoms with Crippen LogP contribution in [-0.2, 0) is 0 Å². The fraction of sp³-hybridized carbons (Fsp3) is 0.500. The van der Waals surface area contributed by atoms with Gasteiger partial charge in [0.2, 0.25) is 0 Å². The lowest BCUT2D eigenvalue weighted by atomic mass is 10.0. The third-order valence-corrected chi connectivity index (χ3v) is 3.52. The highest BCUT2D eigenvalue weighted by Gasteiger charge is 2.26. The van der Waals surface area contributed by atoms with Gasteiger partial charge in [-0.25, -0.2) is 0 Å². The van der Waals surface area contributed by atoms with Crippen molar-refractivity contribution in [1.29, 1.82) is 0 Å². The third kappa shape index (κ3) is 2.50. The second-order valence-corrected chi connectivity index (χ2v) is 4.96. The Balaban J connectivity index is 2.15. The summed E-state index contributed by atoms with van der Waals surface area (Å²) in [6, 6.07) is 5.99. The molecule has 0 bridgehead atoms. The van der Waals surface area contributed by atoms with Crippen LogP contribution in [-0.4, -0.2) is 30.4 Å². The standard InChI is InChI=1S/C14H20N2O/c1-10-3-4-13(11(2)7-10)14(17)16-6-5-12(8-15)9-16/h3-4,7,12H,5-6,8-9,15H2,1-2H3/t12-/m1/s1. The molecule has 2 rings (SSSR count). The zero-order valence-corrected chi connectivity index (χ0v) is 10.6. The summed E-state index contributed by atoms with van der Waals surface area (Å²) in [4.78, 5) is 14.3. The molecule has 1 atom stereocenters. The Morgan fingerprint density at radius 3 is 2.82 bits per heavy atom. The molecule has 0 saturated carbocycles. The van der Waals surface area contributed by atoms with Crippen LogP contribution in [0.4, 0.5) is 0 Å². The molecule has 1 aromatic carbocycles. The third-order valence-electron chi connectivity index (χ3n) is 3.52. The first-order chi connectivity index (χ1) is 8.11. The number of rotatable bonds is 2. The van der Waals surface area contributed by atoms with Crippen molar-refractivity contribution >= 4 is 5.91 Å². The van der Waals surface area contributed by atoms with Crippen LogP contribution in [0.25, 0.3) is 0 Å². The van der Waals surface area contributed by atoms with Crippen LogP contribution in [0.5, 0.6) is 0 Å². The maximum absolute atomic E-state index is 12.3. The SMILES string of the molecule is Cc1ccc(C(=O)N2CC[C@H](CN)C2)c(C)c1. The van der Waals surface area contributed by atoms with Crippen molar-refractivity contribution in [3.8, 4) is 0 Å². The number of nitrogens with two attached hydrogens (primary N) is 1. The Kier molecular flexibility index (Phi) is 3.48. The maximum Gasteiger partial charge on any atom is 0.254 e. The van der Waals surface area contributed by atoms with E-state index in [2.05, 4.69) is 6.07 Å². The Labute approximate surface area is 103 Å². The van der Waals surface area contributed by atoms with Gasteiger partial charge >= 0.3 is 0 Å². The highest BCUT2D eigenvalue weighted by atomic mass is 16.2. The van der Waals surface area contributed by atoms with E-state index in [1.807, 2.05) is 30.9 Å². The fourth-order valence-corrected chi connectivity index (χ4v) is 2.43. The number of hydrogen-bond acceptors (Lipinski definition) is 2. The minimum Gasteiger partial charge on any atom is -0.338 e. The van der Waals surface area contributed by atoms with E-state index in [4.69, 9.17) is 5.73 Å². The monoisotopic (exact) mass is 232 g/mol. The molecule has 1 aliphatic heterocycles. The lowest BCUT2D eigenvalue weighted by Crippen LogP contribution is -2.30. The van der Waals surface area contributed by atoms with E-state index in [1.165, 1.54) is 5.56 Å². The molecule has 3 nitrogen and oxygen atoms in total. The van der Waals surface area contributed by atoms with Crippen molar-refractivity contribution in [2.45, 2.75) is 20.3 Å². The summed E-state index contributed by atoms with van der Waals surface area (Å²) >= 11 is 0. The van der Waals surface area contributed by atoms with Crippen molar-refractivity contribution in [2.24, 2.45) is 11.7 Å². The molecule has 1 heterocycles. The molecule has 1 aliphatic rings. The fourth-order valence-electron chi connectivity index (χ4n) is 2.43. The van der Waals surface area contributed by atoms with Crippen molar-refractivity contribution in [2.75, 3.05) is 19.6 Å². The predicted molar refractivity (Wildman–Crippen MR) is 69.0 cm³/mol. The average Bonchev–Trinajstić information content (AvgIpc) is 2.76. The van der Waals surface area contributed by atoms with Crippen LogP contribution < -0.4 is 5.73 Å². The summed E-state index contributed by atoms with van der Waals surface area (Å²) in [6.45, 7) is 6.37. The van der Waals surface area contributed by atoms with Gasteiger partial charge in [-0.3, -0.25) is 4.79 Å². The van der Waals surface area contributed by atoms with Crippen molar-refractivity contribution in [1.82, 2.24) is 4.90 Å².